The second-order valence-electron chi connectivity index (χ2n) is 6.61. The standard InChI is InChI=1S/C21H19N3O3/c1-13(21-22-12-18(27-21)15-5-3-2-4-6-15)23-19(25)10-14-7-8-16-11-20(26)24-17(16)9-14/h2-9,12-13H,10-11H2,1H3,(H,23,25)(H,24,26). The molecule has 0 aliphatic carbocycles. The maximum Gasteiger partial charge on any atom is 0.228 e. The Morgan fingerprint density at radius 1 is 1.26 bits per heavy atom. The number of hydrogen-bond acceptors (Lipinski definition) is 4. The molecule has 1 aromatic heterocycles. The summed E-state index contributed by atoms with van der Waals surface area (Å²) in [7, 11) is 0. The van der Waals surface area contributed by atoms with Crippen molar-refractivity contribution in [1.29, 1.82) is 0 Å². The first-order valence-electron chi connectivity index (χ1n) is 8.80. The Hall–Kier alpha value is -3.41. The van der Waals surface area contributed by atoms with Crippen LogP contribution in [0.1, 0.15) is 30.0 Å². The zero-order chi connectivity index (χ0) is 18.8. The van der Waals surface area contributed by atoms with Gasteiger partial charge in [-0.3, -0.25) is 9.59 Å². The first-order chi connectivity index (χ1) is 13.1. The molecule has 0 fully saturated rings. The molecule has 2 aromatic carbocycles. The minimum atomic E-state index is -0.343. The van der Waals surface area contributed by atoms with Crippen molar-refractivity contribution in [3.8, 4) is 11.3 Å². The lowest BCUT2D eigenvalue weighted by Crippen LogP contribution is -2.28. The highest BCUT2D eigenvalue weighted by molar-refractivity contribution is 5.99. The van der Waals surface area contributed by atoms with E-state index < -0.39 is 0 Å². The van der Waals surface area contributed by atoms with Gasteiger partial charge in [0.15, 0.2) is 5.76 Å². The normalized spacial score (nSPS) is 13.7. The minimum Gasteiger partial charge on any atom is -0.438 e. The van der Waals surface area contributed by atoms with E-state index in [2.05, 4.69) is 15.6 Å². The summed E-state index contributed by atoms with van der Waals surface area (Å²) in [6.45, 7) is 1.83. The number of benzene rings is 2. The van der Waals surface area contributed by atoms with Crippen LogP contribution < -0.4 is 10.6 Å². The van der Waals surface area contributed by atoms with Crippen LogP contribution in [-0.2, 0) is 22.4 Å². The van der Waals surface area contributed by atoms with Crippen LogP contribution in [0.2, 0.25) is 0 Å². The van der Waals surface area contributed by atoms with E-state index in [1.54, 1.807) is 6.20 Å². The van der Waals surface area contributed by atoms with Gasteiger partial charge in [0.1, 0.15) is 6.04 Å². The van der Waals surface area contributed by atoms with E-state index in [0.29, 0.717) is 18.1 Å². The van der Waals surface area contributed by atoms with E-state index in [1.165, 1.54) is 0 Å². The molecule has 0 spiro atoms. The van der Waals surface area contributed by atoms with Crippen LogP contribution in [0, 0.1) is 0 Å². The van der Waals surface area contributed by atoms with Gasteiger partial charge in [0, 0.05) is 11.3 Å². The van der Waals surface area contributed by atoms with Gasteiger partial charge in [0.2, 0.25) is 17.7 Å². The summed E-state index contributed by atoms with van der Waals surface area (Å²) >= 11 is 0. The Morgan fingerprint density at radius 2 is 2.07 bits per heavy atom. The highest BCUT2D eigenvalue weighted by Crippen LogP contribution is 2.25. The Morgan fingerprint density at radius 3 is 2.89 bits per heavy atom. The van der Waals surface area contributed by atoms with Crippen molar-refractivity contribution in [2.24, 2.45) is 0 Å². The largest absolute Gasteiger partial charge is 0.438 e. The van der Waals surface area contributed by atoms with Gasteiger partial charge < -0.3 is 15.1 Å². The van der Waals surface area contributed by atoms with Crippen LogP contribution in [-0.4, -0.2) is 16.8 Å². The number of anilines is 1. The molecule has 2 amide bonds. The van der Waals surface area contributed by atoms with E-state index in [4.69, 9.17) is 4.42 Å². The zero-order valence-electron chi connectivity index (χ0n) is 14.9. The molecule has 136 valence electrons. The lowest BCUT2D eigenvalue weighted by atomic mass is 10.1. The van der Waals surface area contributed by atoms with Crippen molar-refractivity contribution in [3.05, 3.63) is 71.7 Å². The average molecular weight is 361 g/mol. The van der Waals surface area contributed by atoms with Crippen molar-refractivity contribution in [2.45, 2.75) is 25.8 Å². The predicted molar refractivity (Wildman–Crippen MR) is 101 cm³/mol. The summed E-state index contributed by atoms with van der Waals surface area (Å²) in [5, 5.41) is 5.70. The molecule has 6 heteroatoms. The SMILES string of the molecule is CC(NC(=O)Cc1ccc2c(c1)NC(=O)C2)c1ncc(-c2ccccc2)o1. The molecule has 0 radical (unpaired) electrons. The van der Waals surface area contributed by atoms with E-state index in [0.717, 1.165) is 22.4 Å². The molecule has 1 aliphatic heterocycles. The van der Waals surface area contributed by atoms with Gasteiger partial charge in [0.05, 0.1) is 19.0 Å². The highest BCUT2D eigenvalue weighted by atomic mass is 16.4. The monoisotopic (exact) mass is 361 g/mol. The van der Waals surface area contributed by atoms with Crippen LogP contribution in [0.25, 0.3) is 11.3 Å². The van der Waals surface area contributed by atoms with Crippen molar-refractivity contribution in [1.82, 2.24) is 10.3 Å². The summed E-state index contributed by atoms with van der Waals surface area (Å²) in [5.41, 5.74) is 3.54. The van der Waals surface area contributed by atoms with Gasteiger partial charge in [-0.25, -0.2) is 4.98 Å². The third-order valence-corrected chi connectivity index (χ3v) is 4.49. The number of carbonyl (C=O) groups excluding carboxylic acids is 2. The lowest BCUT2D eigenvalue weighted by molar-refractivity contribution is -0.121. The quantitative estimate of drug-likeness (QED) is 0.731. The average Bonchev–Trinajstić information content (AvgIpc) is 3.28. The molecule has 0 bridgehead atoms. The second-order valence-corrected chi connectivity index (χ2v) is 6.61. The molecule has 1 aliphatic rings. The van der Waals surface area contributed by atoms with Gasteiger partial charge >= 0.3 is 0 Å². The van der Waals surface area contributed by atoms with Crippen molar-refractivity contribution in [3.63, 3.8) is 0 Å². The van der Waals surface area contributed by atoms with Crippen molar-refractivity contribution >= 4 is 17.5 Å². The van der Waals surface area contributed by atoms with Crippen LogP contribution in [0.15, 0.2) is 59.1 Å². The topological polar surface area (TPSA) is 84.2 Å². The molecule has 4 rings (SSSR count). The van der Waals surface area contributed by atoms with Crippen molar-refractivity contribution in [2.75, 3.05) is 5.32 Å². The van der Waals surface area contributed by atoms with Crippen LogP contribution in [0.4, 0.5) is 5.69 Å². The fourth-order valence-corrected chi connectivity index (χ4v) is 3.13. The number of aromatic nitrogens is 1. The number of amides is 2. The summed E-state index contributed by atoms with van der Waals surface area (Å²) < 4.78 is 5.78. The smallest absolute Gasteiger partial charge is 0.228 e. The summed E-state index contributed by atoms with van der Waals surface area (Å²) in [6, 6.07) is 15.0. The fraction of sp³-hybridized carbons (Fsp3) is 0.190. The Kier molecular flexibility index (Phi) is 4.46. The predicted octanol–water partition coefficient (Wildman–Crippen LogP) is 3.26. The Labute approximate surface area is 156 Å². The van der Waals surface area contributed by atoms with Gasteiger partial charge in [-0.15, -0.1) is 0 Å². The first-order valence-corrected chi connectivity index (χ1v) is 8.80. The Balaban J connectivity index is 1.39. The molecular formula is C21H19N3O3. The molecule has 2 heterocycles. The number of oxazole rings is 1. The van der Waals surface area contributed by atoms with E-state index in [1.807, 2.05) is 55.5 Å². The molecule has 1 atom stereocenters. The molecule has 27 heavy (non-hydrogen) atoms. The summed E-state index contributed by atoms with van der Waals surface area (Å²) in [4.78, 5) is 28.1. The second kappa shape index (κ2) is 7.07. The van der Waals surface area contributed by atoms with Gasteiger partial charge in [-0.05, 0) is 24.1 Å². The van der Waals surface area contributed by atoms with Crippen LogP contribution >= 0.6 is 0 Å². The maximum absolute atomic E-state index is 12.4. The third-order valence-electron chi connectivity index (χ3n) is 4.49. The molecule has 6 nitrogen and oxygen atoms in total. The fourth-order valence-electron chi connectivity index (χ4n) is 3.13. The summed E-state index contributed by atoms with van der Waals surface area (Å²) in [5.74, 6) is 0.981. The van der Waals surface area contributed by atoms with Crippen LogP contribution in [0.5, 0.6) is 0 Å². The molecular weight excluding hydrogens is 342 g/mol. The third kappa shape index (κ3) is 3.74. The maximum atomic E-state index is 12.4. The highest BCUT2D eigenvalue weighted by Gasteiger charge is 2.19. The minimum absolute atomic E-state index is 0.0154. The van der Waals surface area contributed by atoms with Gasteiger partial charge in [-0.1, -0.05) is 42.5 Å². The Bertz CT molecular complexity index is 995. The van der Waals surface area contributed by atoms with Crippen molar-refractivity contribution < 1.29 is 14.0 Å². The zero-order valence-corrected chi connectivity index (χ0v) is 14.9. The number of carbonyl (C=O) groups is 2. The number of nitrogens with zero attached hydrogens (tertiary/aromatic N) is 1. The lowest BCUT2D eigenvalue weighted by Gasteiger charge is -2.11. The number of hydrogen-bond donors (Lipinski definition) is 2. The van der Waals surface area contributed by atoms with E-state index >= 15 is 0 Å². The number of nitrogens with one attached hydrogen (secondary N) is 2. The molecule has 2 N–H and O–H groups in total. The molecule has 3 aromatic rings. The van der Waals surface area contributed by atoms with Gasteiger partial charge in [-0.2, -0.15) is 0 Å². The van der Waals surface area contributed by atoms with Gasteiger partial charge in [0.25, 0.3) is 0 Å². The summed E-state index contributed by atoms with van der Waals surface area (Å²) in [6.07, 6.45) is 2.28. The first kappa shape index (κ1) is 17.0. The number of rotatable bonds is 5. The molecule has 1 unspecified atom stereocenters. The molecule has 0 saturated carbocycles. The van der Waals surface area contributed by atoms with E-state index in [9.17, 15) is 9.59 Å². The van der Waals surface area contributed by atoms with Crippen LogP contribution in [0.3, 0.4) is 0 Å². The van der Waals surface area contributed by atoms with E-state index in [-0.39, 0.29) is 24.3 Å². The number of fused-ring (bicyclic) bond motifs is 1. The molecule has 0 saturated heterocycles.